The zero-order valence-electron chi connectivity index (χ0n) is 10.7. The van der Waals surface area contributed by atoms with Crippen LogP contribution in [0.5, 0.6) is 11.5 Å². The maximum Gasteiger partial charge on any atom is 0.176 e. The summed E-state index contributed by atoms with van der Waals surface area (Å²) >= 11 is 6.30. The minimum Gasteiger partial charge on any atom is -0.454 e. The topological polar surface area (TPSA) is 39.4 Å². The lowest BCUT2D eigenvalue weighted by Crippen LogP contribution is -1.94. The van der Waals surface area contributed by atoms with E-state index in [1.807, 2.05) is 12.1 Å². The van der Waals surface area contributed by atoms with Crippen LogP contribution in [0, 0.1) is 0 Å². The van der Waals surface area contributed by atoms with E-state index in [1.165, 1.54) is 18.4 Å². The number of ether oxygens (including phenoxy) is 1. The van der Waals surface area contributed by atoms with Crippen molar-refractivity contribution in [3.05, 3.63) is 53.4 Å². The van der Waals surface area contributed by atoms with Gasteiger partial charge in [0.2, 0.25) is 0 Å². The number of fused-ring (bicyclic) bond motifs is 1. The van der Waals surface area contributed by atoms with Gasteiger partial charge in [-0.3, -0.25) is 0 Å². The summed E-state index contributed by atoms with van der Waals surface area (Å²) in [5, 5.41) is 4.69. The molecule has 20 heavy (non-hydrogen) atoms. The van der Waals surface area contributed by atoms with Gasteiger partial charge < -0.3 is 4.74 Å². The molecule has 5 heteroatoms. The van der Waals surface area contributed by atoms with Crippen molar-refractivity contribution >= 4 is 17.2 Å². The molecule has 1 fully saturated rings. The van der Waals surface area contributed by atoms with Gasteiger partial charge >= 0.3 is 0 Å². The largest absolute Gasteiger partial charge is 0.454 e. The third-order valence-electron chi connectivity index (χ3n) is 3.47. The Labute approximate surface area is 121 Å². The smallest absolute Gasteiger partial charge is 0.176 e. The molecule has 0 unspecified atom stereocenters. The highest BCUT2D eigenvalue weighted by Crippen LogP contribution is 2.41. The van der Waals surface area contributed by atoms with E-state index in [1.54, 1.807) is 23.1 Å². The number of hydrogen-bond acceptors (Lipinski definition) is 3. The monoisotopic (exact) mass is 285 g/mol. The van der Waals surface area contributed by atoms with Crippen molar-refractivity contribution in [2.45, 2.75) is 18.8 Å². The van der Waals surface area contributed by atoms with Gasteiger partial charge in [-0.05, 0) is 36.5 Å². The number of benzene rings is 1. The van der Waals surface area contributed by atoms with E-state index < -0.39 is 0 Å². The number of nitrogens with zero attached hydrogens (tertiary/aromatic N) is 3. The Morgan fingerprint density at radius 3 is 3.05 bits per heavy atom. The average Bonchev–Trinajstić information content (AvgIpc) is 3.21. The maximum absolute atomic E-state index is 6.30. The Hall–Kier alpha value is -2.07. The van der Waals surface area contributed by atoms with E-state index in [0.717, 1.165) is 5.75 Å². The van der Waals surface area contributed by atoms with Crippen molar-refractivity contribution in [1.82, 2.24) is 14.6 Å². The molecule has 4 nitrogen and oxygen atoms in total. The van der Waals surface area contributed by atoms with E-state index in [2.05, 4.69) is 22.2 Å². The molecule has 4 rings (SSSR count). The first-order valence-corrected chi connectivity index (χ1v) is 6.95. The summed E-state index contributed by atoms with van der Waals surface area (Å²) in [4.78, 5) is 4.16. The lowest BCUT2D eigenvalue weighted by atomic mass is 10.1. The van der Waals surface area contributed by atoms with Crippen LogP contribution in [0.1, 0.15) is 24.3 Å². The Morgan fingerprint density at radius 1 is 1.30 bits per heavy atom. The molecule has 0 atom stereocenters. The second kappa shape index (κ2) is 4.49. The van der Waals surface area contributed by atoms with Crippen LogP contribution in [0.15, 0.2) is 42.9 Å². The van der Waals surface area contributed by atoms with Gasteiger partial charge in [-0.1, -0.05) is 23.7 Å². The zero-order chi connectivity index (χ0) is 13.5. The molecule has 1 aromatic carbocycles. The third kappa shape index (κ3) is 2.02. The molecule has 0 saturated heterocycles. The molecule has 0 amide bonds. The van der Waals surface area contributed by atoms with Crippen LogP contribution in [0.25, 0.3) is 5.65 Å². The van der Waals surface area contributed by atoms with Gasteiger partial charge in [0.15, 0.2) is 11.4 Å². The standard InChI is InChI=1S/C15H12ClN3O/c16-14-13(9-18-19-7-6-17-15(14)19)20-12-3-1-2-11(8-12)10-4-5-10/h1-3,6-10H,4-5H2. The minimum atomic E-state index is 0.474. The fourth-order valence-electron chi connectivity index (χ4n) is 2.28. The van der Waals surface area contributed by atoms with E-state index in [9.17, 15) is 0 Å². The summed E-state index contributed by atoms with van der Waals surface area (Å²) in [6.45, 7) is 0. The highest BCUT2D eigenvalue weighted by Gasteiger charge is 2.23. The van der Waals surface area contributed by atoms with Gasteiger partial charge in [-0.25, -0.2) is 9.50 Å². The van der Waals surface area contributed by atoms with Crippen molar-refractivity contribution in [2.75, 3.05) is 0 Å². The minimum absolute atomic E-state index is 0.474. The summed E-state index contributed by atoms with van der Waals surface area (Å²) in [6, 6.07) is 8.16. The summed E-state index contributed by atoms with van der Waals surface area (Å²) < 4.78 is 7.48. The molecule has 1 aliphatic carbocycles. The van der Waals surface area contributed by atoms with Gasteiger partial charge in [0.25, 0.3) is 0 Å². The molecule has 0 N–H and O–H groups in total. The predicted molar refractivity (Wildman–Crippen MR) is 76.5 cm³/mol. The maximum atomic E-state index is 6.30. The van der Waals surface area contributed by atoms with Crippen molar-refractivity contribution < 1.29 is 4.74 Å². The molecule has 1 saturated carbocycles. The van der Waals surface area contributed by atoms with Crippen LogP contribution in [-0.2, 0) is 0 Å². The first-order valence-electron chi connectivity index (χ1n) is 6.57. The summed E-state index contributed by atoms with van der Waals surface area (Å²) in [5.41, 5.74) is 1.93. The number of rotatable bonds is 3. The summed E-state index contributed by atoms with van der Waals surface area (Å²) in [7, 11) is 0. The second-order valence-corrected chi connectivity index (χ2v) is 5.35. The molecule has 3 aromatic rings. The highest BCUT2D eigenvalue weighted by atomic mass is 35.5. The lowest BCUT2D eigenvalue weighted by Gasteiger charge is -2.09. The summed E-state index contributed by atoms with van der Waals surface area (Å²) in [5.74, 6) is 2.01. The molecule has 2 heterocycles. The second-order valence-electron chi connectivity index (χ2n) is 4.97. The van der Waals surface area contributed by atoms with Gasteiger partial charge in [0.05, 0.1) is 6.20 Å². The Kier molecular flexibility index (Phi) is 2.63. The highest BCUT2D eigenvalue weighted by molar-refractivity contribution is 6.34. The van der Waals surface area contributed by atoms with Crippen LogP contribution in [0.3, 0.4) is 0 Å². The Balaban J connectivity index is 1.69. The average molecular weight is 286 g/mol. The van der Waals surface area contributed by atoms with Crippen LogP contribution < -0.4 is 4.74 Å². The van der Waals surface area contributed by atoms with Crippen molar-refractivity contribution in [3.63, 3.8) is 0 Å². The SMILES string of the molecule is Clc1c(Oc2cccc(C3CC3)c2)cnn2ccnc12. The van der Waals surface area contributed by atoms with Gasteiger partial charge in [0.1, 0.15) is 10.8 Å². The fraction of sp³-hybridized carbons (Fsp3) is 0.200. The number of hydrogen-bond donors (Lipinski definition) is 0. The van der Waals surface area contributed by atoms with E-state index in [0.29, 0.717) is 22.3 Å². The van der Waals surface area contributed by atoms with E-state index in [-0.39, 0.29) is 0 Å². The molecular weight excluding hydrogens is 274 g/mol. The van der Waals surface area contributed by atoms with Gasteiger partial charge in [0, 0.05) is 12.4 Å². The molecule has 100 valence electrons. The normalized spacial score (nSPS) is 14.7. The van der Waals surface area contributed by atoms with Gasteiger partial charge in [-0.15, -0.1) is 0 Å². The van der Waals surface area contributed by atoms with Crippen LogP contribution in [0.4, 0.5) is 0 Å². The molecular formula is C15H12ClN3O. The molecule has 0 aliphatic heterocycles. The Morgan fingerprint density at radius 2 is 2.20 bits per heavy atom. The quantitative estimate of drug-likeness (QED) is 0.729. The molecule has 0 radical (unpaired) electrons. The van der Waals surface area contributed by atoms with E-state index >= 15 is 0 Å². The molecule has 2 aromatic heterocycles. The first-order chi connectivity index (χ1) is 9.81. The predicted octanol–water partition coefficient (Wildman–Crippen LogP) is 4.05. The van der Waals surface area contributed by atoms with Crippen LogP contribution in [0.2, 0.25) is 5.02 Å². The Bertz CT molecular complexity index is 780. The summed E-state index contributed by atoms with van der Waals surface area (Å²) in [6.07, 6.45) is 7.56. The molecule has 0 spiro atoms. The van der Waals surface area contributed by atoms with Gasteiger partial charge in [-0.2, -0.15) is 5.10 Å². The van der Waals surface area contributed by atoms with E-state index in [4.69, 9.17) is 16.3 Å². The molecule has 0 bridgehead atoms. The third-order valence-corrected chi connectivity index (χ3v) is 3.82. The zero-order valence-corrected chi connectivity index (χ0v) is 11.4. The molecule has 1 aliphatic rings. The number of imidazole rings is 1. The number of aromatic nitrogens is 3. The van der Waals surface area contributed by atoms with Crippen LogP contribution in [-0.4, -0.2) is 14.6 Å². The van der Waals surface area contributed by atoms with Crippen molar-refractivity contribution in [2.24, 2.45) is 0 Å². The fourth-order valence-corrected chi connectivity index (χ4v) is 2.50. The first kappa shape index (κ1) is 11.7. The van der Waals surface area contributed by atoms with Crippen molar-refractivity contribution in [3.8, 4) is 11.5 Å². The number of halogens is 1. The lowest BCUT2D eigenvalue weighted by molar-refractivity contribution is 0.478. The van der Waals surface area contributed by atoms with Crippen molar-refractivity contribution in [1.29, 1.82) is 0 Å². The van der Waals surface area contributed by atoms with Crippen LogP contribution >= 0.6 is 11.6 Å².